The van der Waals surface area contributed by atoms with Crippen molar-refractivity contribution in [2.45, 2.75) is 32.7 Å². The Morgan fingerprint density at radius 2 is 2.13 bits per heavy atom. The molecule has 1 heterocycles. The van der Waals surface area contributed by atoms with Crippen LogP contribution in [0.5, 0.6) is 0 Å². The molecule has 1 rings (SSSR count). The van der Waals surface area contributed by atoms with Crippen LogP contribution in [0.3, 0.4) is 0 Å². The van der Waals surface area contributed by atoms with Crippen LogP contribution in [0.4, 0.5) is 0 Å². The van der Waals surface area contributed by atoms with Gasteiger partial charge < -0.3 is 15.4 Å². The number of rotatable bonds is 5. The Kier molecular flexibility index (Phi) is 5.65. The van der Waals surface area contributed by atoms with Crippen LogP contribution in [0.15, 0.2) is 0 Å². The molecule has 1 saturated heterocycles. The summed E-state index contributed by atoms with van der Waals surface area (Å²) >= 11 is 0. The molecule has 15 heavy (non-hydrogen) atoms. The van der Waals surface area contributed by atoms with Crippen molar-refractivity contribution in [1.82, 2.24) is 10.6 Å². The normalized spacial score (nSPS) is 19.9. The third-order valence-electron chi connectivity index (χ3n) is 2.90. The molecule has 2 N–H and O–H groups in total. The van der Waals surface area contributed by atoms with Gasteiger partial charge >= 0.3 is 0 Å². The minimum atomic E-state index is 0.0934. The molecule has 88 valence electrons. The van der Waals surface area contributed by atoms with E-state index in [1.165, 1.54) is 0 Å². The molecular weight excluding hydrogens is 192 g/mol. The molecule has 0 radical (unpaired) electrons. The van der Waals surface area contributed by atoms with Crippen LogP contribution in [0.25, 0.3) is 0 Å². The van der Waals surface area contributed by atoms with Crippen molar-refractivity contribution in [3.63, 3.8) is 0 Å². The Labute approximate surface area is 91.8 Å². The van der Waals surface area contributed by atoms with Gasteiger partial charge in [0, 0.05) is 19.3 Å². The largest absolute Gasteiger partial charge is 0.381 e. The van der Waals surface area contributed by atoms with Crippen LogP contribution in [0.2, 0.25) is 0 Å². The average molecular weight is 214 g/mol. The van der Waals surface area contributed by atoms with Gasteiger partial charge in [0.2, 0.25) is 5.91 Å². The summed E-state index contributed by atoms with van der Waals surface area (Å²) in [5, 5.41) is 6.05. The molecule has 0 aromatic heterocycles. The third-order valence-corrected chi connectivity index (χ3v) is 2.90. The van der Waals surface area contributed by atoms with Crippen LogP contribution in [-0.2, 0) is 9.53 Å². The van der Waals surface area contributed by atoms with Gasteiger partial charge in [0.15, 0.2) is 0 Å². The van der Waals surface area contributed by atoms with Crippen LogP contribution >= 0.6 is 0 Å². The minimum Gasteiger partial charge on any atom is -0.381 e. The minimum absolute atomic E-state index is 0.0934. The summed E-state index contributed by atoms with van der Waals surface area (Å²) < 4.78 is 5.29. The number of hydrogen-bond donors (Lipinski definition) is 2. The highest BCUT2D eigenvalue weighted by atomic mass is 16.5. The summed E-state index contributed by atoms with van der Waals surface area (Å²) in [6.45, 7) is 6.99. The fraction of sp³-hybridized carbons (Fsp3) is 0.909. The maximum absolute atomic E-state index is 11.5. The quantitative estimate of drug-likeness (QED) is 0.702. The molecule has 4 heteroatoms. The second-order valence-electron chi connectivity index (χ2n) is 4.09. The smallest absolute Gasteiger partial charge is 0.234 e. The predicted molar refractivity (Wildman–Crippen MR) is 59.7 cm³/mol. The first-order valence-corrected chi connectivity index (χ1v) is 5.82. The highest BCUT2D eigenvalue weighted by molar-refractivity contribution is 5.78. The van der Waals surface area contributed by atoms with Crippen LogP contribution in [-0.4, -0.2) is 38.3 Å². The summed E-state index contributed by atoms with van der Waals surface area (Å²) in [4.78, 5) is 11.5. The number of carbonyl (C=O) groups excluding carboxylic acids is 1. The maximum atomic E-state index is 11.5. The molecule has 1 fully saturated rings. The fourth-order valence-electron chi connectivity index (χ4n) is 1.88. The van der Waals surface area contributed by atoms with Gasteiger partial charge in [-0.05, 0) is 32.2 Å². The van der Waals surface area contributed by atoms with E-state index >= 15 is 0 Å². The Bertz CT molecular complexity index is 191. The average Bonchev–Trinajstić information content (AvgIpc) is 2.27. The summed E-state index contributed by atoms with van der Waals surface area (Å²) in [5.74, 6) is 0.667. The lowest BCUT2D eigenvalue weighted by molar-refractivity contribution is -0.121. The molecule has 4 nitrogen and oxygen atoms in total. The standard InChI is InChI=1S/C11H22N2O2/c1-3-12-8-11(14)13-9(2)10-4-6-15-7-5-10/h9-10,12H,3-8H2,1-2H3,(H,13,14). The topological polar surface area (TPSA) is 50.4 Å². The van der Waals surface area contributed by atoms with Crippen molar-refractivity contribution in [1.29, 1.82) is 0 Å². The number of ether oxygens (including phenoxy) is 1. The van der Waals surface area contributed by atoms with Gasteiger partial charge in [-0.25, -0.2) is 0 Å². The molecule has 0 aliphatic carbocycles. The number of hydrogen-bond acceptors (Lipinski definition) is 3. The SMILES string of the molecule is CCNCC(=O)NC(C)C1CCOCC1. The van der Waals surface area contributed by atoms with Gasteiger partial charge in [-0.15, -0.1) is 0 Å². The lowest BCUT2D eigenvalue weighted by Gasteiger charge is -2.28. The fourth-order valence-corrected chi connectivity index (χ4v) is 1.88. The summed E-state index contributed by atoms with van der Waals surface area (Å²) in [6, 6.07) is 0.264. The highest BCUT2D eigenvalue weighted by Crippen LogP contribution is 2.18. The van der Waals surface area contributed by atoms with Crippen molar-refractivity contribution in [3.05, 3.63) is 0 Å². The molecule has 1 amide bonds. The van der Waals surface area contributed by atoms with E-state index in [9.17, 15) is 4.79 Å². The summed E-state index contributed by atoms with van der Waals surface area (Å²) in [6.07, 6.45) is 2.12. The zero-order valence-corrected chi connectivity index (χ0v) is 9.71. The van der Waals surface area contributed by atoms with Gasteiger partial charge in [-0.2, -0.15) is 0 Å². The van der Waals surface area contributed by atoms with Crippen molar-refractivity contribution < 1.29 is 9.53 Å². The van der Waals surface area contributed by atoms with Gasteiger partial charge in [-0.3, -0.25) is 4.79 Å². The molecule has 0 bridgehead atoms. The predicted octanol–water partition coefficient (Wildman–Crippen LogP) is 0.527. The van der Waals surface area contributed by atoms with E-state index in [2.05, 4.69) is 17.6 Å². The molecule has 1 unspecified atom stereocenters. The molecular formula is C11H22N2O2. The van der Waals surface area contributed by atoms with Crippen LogP contribution in [0.1, 0.15) is 26.7 Å². The first-order valence-electron chi connectivity index (χ1n) is 5.82. The number of nitrogens with one attached hydrogen (secondary N) is 2. The van der Waals surface area contributed by atoms with E-state index in [1.807, 2.05) is 6.92 Å². The van der Waals surface area contributed by atoms with E-state index in [4.69, 9.17) is 4.74 Å². The monoisotopic (exact) mass is 214 g/mol. The molecule has 0 aromatic rings. The number of carbonyl (C=O) groups is 1. The highest BCUT2D eigenvalue weighted by Gasteiger charge is 2.21. The zero-order chi connectivity index (χ0) is 11.1. The molecule has 1 aliphatic rings. The maximum Gasteiger partial charge on any atom is 0.234 e. The van der Waals surface area contributed by atoms with E-state index in [0.717, 1.165) is 32.6 Å². The first-order chi connectivity index (χ1) is 7.24. The molecule has 1 atom stereocenters. The third kappa shape index (κ3) is 4.62. The Hall–Kier alpha value is -0.610. The van der Waals surface area contributed by atoms with Crippen LogP contribution in [0, 0.1) is 5.92 Å². The molecule has 0 saturated carbocycles. The lowest BCUT2D eigenvalue weighted by Crippen LogP contribution is -2.43. The van der Waals surface area contributed by atoms with Crippen LogP contribution < -0.4 is 10.6 Å². The van der Waals surface area contributed by atoms with E-state index < -0.39 is 0 Å². The Balaban J connectivity index is 2.21. The van der Waals surface area contributed by atoms with E-state index in [1.54, 1.807) is 0 Å². The van der Waals surface area contributed by atoms with Gasteiger partial charge in [-0.1, -0.05) is 6.92 Å². The number of amides is 1. The van der Waals surface area contributed by atoms with Crippen molar-refractivity contribution in [3.8, 4) is 0 Å². The Morgan fingerprint density at radius 1 is 1.47 bits per heavy atom. The van der Waals surface area contributed by atoms with Gasteiger partial charge in [0.25, 0.3) is 0 Å². The van der Waals surface area contributed by atoms with Crippen molar-refractivity contribution >= 4 is 5.91 Å². The number of likely N-dealkylation sites (N-methyl/N-ethyl adjacent to an activating group) is 1. The lowest BCUT2D eigenvalue weighted by atomic mass is 9.93. The summed E-state index contributed by atoms with van der Waals surface area (Å²) in [5.41, 5.74) is 0. The molecule has 0 spiro atoms. The second-order valence-corrected chi connectivity index (χ2v) is 4.09. The zero-order valence-electron chi connectivity index (χ0n) is 9.71. The van der Waals surface area contributed by atoms with Crippen molar-refractivity contribution in [2.24, 2.45) is 5.92 Å². The Morgan fingerprint density at radius 3 is 2.73 bits per heavy atom. The molecule has 0 aromatic carbocycles. The van der Waals surface area contributed by atoms with Gasteiger partial charge in [0.05, 0.1) is 6.54 Å². The van der Waals surface area contributed by atoms with E-state index in [0.29, 0.717) is 12.5 Å². The second kappa shape index (κ2) is 6.80. The van der Waals surface area contributed by atoms with Gasteiger partial charge in [0.1, 0.15) is 0 Å². The van der Waals surface area contributed by atoms with E-state index in [-0.39, 0.29) is 11.9 Å². The first kappa shape index (κ1) is 12.5. The molecule has 1 aliphatic heterocycles. The summed E-state index contributed by atoms with van der Waals surface area (Å²) in [7, 11) is 0. The van der Waals surface area contributed by atoms with Crippen molar-refractivity contribution in [2.75, 3.05) is 26.3 Å².